The Balaban J connectivity index is 2.26. The molecule has 0 aliphatic carbocycles. The summed E-state index contributed by atoms with van der Waals surface area (Å²) in [6.07, 6.45) is 0.611. The number of halogens is 1. The average molecular weight is 384 g/mol. The number of sulfonamides is 1. The van der Waals surface area contributed by atoms with E-state index in [9.17, 15) is 8.42 Å². The van der Waals surface area contributed by atoms with E-state index < -0.39 is 15.6 Å². The van der Waals surface area contributed by atoms with Gasteiger partial charge in [-0.15, -0.1) is 0 Å². The monoisotopic (exact) mass is 383 g/mol. The number of benzene rings is 2. The van der Waals surface area contributed by atoms with Crippen LogP contribution in [0.5, 0.6) is 5.75 Å². The lowest BCUT2D eigenvalue weighted by atomic mass is 9.91. The highest BCUT2D eigenvalue weighted by atomic mass is 35.5. The third-order valence-electron chi connectivity index (χ3n) is 4.24. The van der Waals surface area contributed by atoms with Crippen LogP contribution in [0, 0.1) is 0 Å². The first kappa shape index (κ1) is 19.7. The predicted octanol–water partition coefficient (Wildman–Crippen LogP) is 3.58. The van der Waals surface area contributed by atoms with Gasteiger partial charge in [-0.05, 0) is 30.2 Å². The van der Waals surface area contributed by atoms with Crippen LogP contribution in [0.3, 0.4) is 0 Å². The molecule has 0 aliphatic rings. The molecule has 0 spiro atoms. The molecule has 0 unspecified atom stereocenters. The number of nitrogens with one attached hydrogen (secondary N) is 1. The molecule has 136 valence electrons. The molecule has 0 amide bonds. The van der Waals surface area contributed by atoms with Crippen LogP contribution in [0.4, 0.5) is 0 Å². The molecule has 0 aliphatic heterocycles. The molecule has 0 radical (unpaired) electrons. The van der Waals surface area contributed by atoms with Gasteiger partial charge in [-0.25, -0.2) is 13.1 Å². The van der Waals surface area contributed by atoms with Crippen LogP contribution in [0.1, 0.15) is 18.9 Å². The second-order valence-electron chi connectivity index (χ2n) is 5.54. The summed E-state index contributed by atoms with van der Waals surface area (Å²) in [4.78, 5) is 0.0764. The van der Waals surface area contributed by atoms with Crippen molar-refractivity contribution < 1.29 is 17.9 Å². The summed E-state index contributed by atoms with van der Waals surface area (Å²) in [6, 6.07) is 13.9. The molecule has 0 heterocycles. The van der Waals surface area contributed by atoms with Gasteiger partial charge in [-0.1, -0.05) is 48.9 Å². The molecule has 0 saturated carbocycles. The van der Waals surface area contributed by atoms with Crippen molar-refractivity contribution in [3.8, 4) is 5.75 Å². The number of ether oxygens (including phenoxy) is 2. The van der Waals surface area contributed by atoms with Gasteiger partial charge in [0.15, 0.2) is 0 Å². The van der Waals surface area contributed by atoms with Crippen LogP contribution >= 0.6 is 11.6 Å². The van der Waals surface area contributed by atoms with Crippen LogP contribution in [-0.4, -0.2) is 29.2 Å². The highest BCUT2D eigenvalue weighted by Crippen LogP contribution is 2.30. The fourth-order valence-electron chi connectivity index (χ4n) is 2.62. The van der Waals surface area contributed by atoms with Gasteiger partial charge in [0.05, 0.1) is 17.0 Å². The number of hydrogen-bond acceptors (Lipinski definition) is 4. The van der Waals surface area contributed by atoms with Gasteiger partial charge in [0, 0.05) is 13.7 Å². The van der Waals surface area contributed by atoms with Crippen molar-refractivity contribution in [1.82, 2.24) is 4.72 Å². The van der Waals surface area contributed by atoms with Crippen molar-refractivity contribution in [3.05, 3.63) is 59.1 Å². The van der Waals surface area contributed by atoms with Crippen molar-refractivity contribution >= 4 is 21.6 Å². The zero-order chi connectivity index (χ0) is 18.5. The standard InChI is InChI=1S/C18H22ClNO4S/c1-4-18(24-3,14-8-6-5-7-9-14)13-20-25(21,22)15-10-11-17(23-2)16(19)12-15/h5-12,20H,4,13H2,1-3H3/t18-/m1/s1. The summed E-state index contributed by atoms with van der Waals surface area (Å²) in [7, 11) is -0.687. The molecule has 0 saturated heterocycles. The Morgan fingerprint density at radius 2 is 1.80 bits per heavy atom. The maximum absolute atomic E-state index is 12.6. The van der Waals surface area contributed by atoms with Crippen molar-refractivity contribution in [2.45, 2.75) is 23.8 Å². The summed E-state index contributed by atoms with van der Waals surface area (Å²) in [5.74, 6) is 0.421. The second kappa shape index (κ2) is 8.19. The first-order valence-electron chi connectivity index (χ1n) is 7.82. The van der Waals surface area contributed by atoms with E-state index in [4.69, 9.17) is 21.1 Å². The van der Waals surface area contributed by atoms with Gasteiger partial charge in [-0.3, -0.25) is 0 Å². The fraction of sp³-hybridized carbons (Fsp3) is 0.333. The zero-order valence-electron chi connectivity index (χ0n) is 14.5. The second-order valence-corrected chi connectivity index (χ2v) is 7.71. The van der Waals surface area contributed by atoms with Crippen molar-refractivity contribution in [2.24, 2.45) is 0 Å². The van der Waals surface area contributed by atoms with Crippen molar-refractivity contribution in [2.75, 3.05) is 20.8 Å². The third kappa shape index (κ3) is 4.33. The minimum Gasteiger partial charge on any atom is -0.495 e. The maximum atomic E-state index is 12.6. The minimum atomic E-state index is -3.74. The minimum absolute atomic E-state index is 0.0764. The lowest BCUT2D eigenvalue weighted by molar-refractivity contribution is -0.0133. The highest BCUT2D eigenvalue weighted by molar-refractivity contribution is 7.89. The van der Waals surface area contributed by atoms with E-state index in [1.165, 1.54) is 25.3 Å². The summed E-state index contributed by atoms with van der Waals surface area (Å²) >= 11 is 6.03. The van der Waals surface area contributed by atoms with Gasteiger partial charge in [0.25, 0.3) is 0 Å². The van der Waals surface area contributed by atoms with Crippen LogP contribution in [-0.2, 0) is 20.4 Å². The molecule has 0 fully saturated rings. The van der Waals surface area contributed by atoms with Gasteiger partial charge >= 0.3 is 0 Å². The van der Waals surface area contributed by atoms with Gasteiger partial charge in [0.2, 0.25) is 10.0 Å². The van der Waals surface area contributed by atoms with E-state index in [0.717, 1.165) is 5.56 Å². The van der Waals surface area contributed by atoms with Crippen LogP contribution in [0.2, 0.25) is 5.02 Å². The first-order valence-corrected chi connectivity index (χ1v) is 9.68. The largest absolute Gasteiger partial charge is 0.495 e. The van der Waals surface area contributed by atoms with Gasteiger partial charge < -0.3 is 9.47 Å². The quantitative estimate of drug-likeness (QED) is 0.756. The topological polar surface area (TPSA) is 64.6 Å². The zero-order valence-corrected chi connectivity index (χ0v) is 16.0. The maximum Gasteiger partial charge on any atom is 0.240 e. The van der Waals surface area contributed by atoms with Crippen molar-refractivity contribution in [1.29, 1.82) is 0 Å². The van der Waals surface area contributed by atoms with Crippen LogP contribution in [0.25, 0.3) is 0 Å². The average Bonchev–Trinajstić information content (AvgIpc) is 2.64. The molecule has 0 aromatic heterocycles. The summed E-state index contributed by atoms with van der Waals surface area (Å²) in [6.45, 7) is 2.06. The lowest BCUT2D eigenvalue weighted by Crippen LogP contribution is -2.41. The number of rotatable bonds is 8. The predicted molar refractivity (Wildman–Crippen MR) is 98.6 cm³/mol. The molecular formula is C18H22ClNO4S. The summed E-state index contributed by atoms with van der Waals surface area (Å²) in [5, 5.41) is 0.238. The van der Waals surface area contributed by atoms with E-state index in [1.807, 2.05) is 37.3 Å². The Labute approximate surface area is 154 Å². The summed E-state index contributed by atoms with van der Waals surface area (Å²) in [5.41, 5.74) is 0.167. The Hall–Kier alpha value is -1.60. The van der Waals surface area contributed by atoms with E-state index >= 15 is 0 Å². The molecular weight excluding hydrogens is 362 g/mol. The SMILES string of the molecule is CC[C@](CNS(=O)(=O)c1ccc(OC)c(Cl)c1)(OC)c1ccccc1. The van der Waals surface area contributed by atoms with Crippen LogP contribution < -0.4 is 9.46 Å². The summed E-state index contributed by atoms with van der Waals surface area (Å²) < 4.78 is 38.6. The molecule has 2 aromatic carbocycles. The first-order chi connectivity index (χ1) is 11.9. The Morgan fingerprint density at radius 3 is 2.32 bits per heavy atom. The van der Waals surface area contributed by atoms with Gasteiger partial charge in [-0.2, -0.15) is 0 Å². The molecule has 1 N–H and O–H groups in total. The third-order valence-corrected chi connectivity index (χ3v) is 5.94. The molecule has 5 nitrogen and oxygen atoms in total. The Kier molecular flexibility index (Phi) is 6.46. The Bertz CT molecular complexity index is 805. The number of methoxy groups -OCH3 is 2. The van der Waals surface area contributed by atoms with E-state index in [2.05, 4.69) is 4.72 Å². The number of hydrogen-bond donors (Lipinski definition) is 1. The van der Waals surface area contributed by atoms with Gasteiger partial charge in [0.1, 0.15) is 11.4 Å². The van der Waals surface area contributed by atoms with Crippen LogP contribution in [0.15, 0.2) is 53.4 Å². The molecule has 1 atom stereocenters. The smallest absolute Gasteiger partial charge is 0.240 e. The normalized spacial score (nSPS) is 14.1. The van der Waals surface area contributed by atoms with E-state index in [1.54, 1.807) is 7.11 Å². The molecule has 25 heavy (non-hydrogen) atoms. The molecule has 2 aromatic rings. The molecule has 0 bridgehead atoms. The van der Waals surface area contributed by atoms with E-state index in [-0.39, 0.29) is 16.5 Å². The highest BCUT2D eigenvalue weighted by Gasteiger charge is 2.32. The fourth-order valence-corrected chi connectivity index (χ4v) is 4.05. The molecule has 7 heteroatoms. The lowest BCUT2D eigenvalue weighted by Gasteiger charge is -2.32. The Morgan fingerprint density at radius 1 is 1.12 bits per heavy atom. The molecule has 2 rings (SSSR count). The van der Waals surface area contributed by atoms with Crippen molar-refractivity contribution in [3.63, 3.8) is 0 Å². The van der Waals surface area contributed by atoms with E-state index in [0.29, 0.717) is 12.2 Å².